The average molecular weight is 536 g/mol. The minimum Gasteiger partial charge on any atom is -0.492 e. The quantitative estimate of drug-likeness (QED) is 0.272. The van der Waals surface area contributed by atoms with Crippen molar-refractivity contribution in [2.24, 2.45) is 5.73 Å². The molecule has 0 radical (unpaired) electrons. The van der Waals surface area contributed by atoms with Crippen LogP contribution in [0.4, 0.5) is 4.39 Å². The number of nitrogens with two attached hydrogens (primary N) is 1. The van der Waals surface area contributed by atoms with Crippen molar-refractivity contribution in [2.45, 2.75) is 31.7 Å². The van der Waals surface area contributed by atoms with E-state index in [2.05, 4.69) is 10.3 Å². The summed E-state index contributed by atoms with van der Waals surface area (Å²) >= 11 is 6.30. The minimum atomic E-state index is -0.618. The maximum Gasteiger partial charge on any atom is 0.255 e. The molecular weight excluding hydrogens is 509 g/mol. The van der Waals surface area contributed by atoms with Crippen molar-refractivity contribution in [2.75, 3.05) is 13.2 Å². The Bertz CT molecular complexity index is 1530. The first-order valence-corrected chi connectivity index (χ1v) is 12.8. The fourth-order valence-corrected chi connectivity index (χ4v) is 5.16. The van der Waals surface area contributed by atoms with Gasteiger partial charge in [-0.1, -0.05) is 17.7 Å². The zero-order valence-corrected chi connectivity index (χ0v) is 21.3. The second kappa shape index (κ2) is 10.8. The first-order valence-electron chi connectivity index (χ1n) is 12.4. The van der Waals surface area contributed by atoms with Crippen molar-refractivity contribution in [3.8, 4) is 16.9 Å². The molecule has 196 valence electrons. The van der Waals surface area contributed by atoms with Crippen LogP contribution in [-0.2, 0) is 12.8 Å². The van der Waals surface area contributed by atoms with E-state index < -0.39 is 11.9 Å². The number of rotatable bonds is 7. The van der Waals surface area contributed by atoms with Gasteiger partial charge in [0, 0.05) is 17.1 Å². The highest BCUT2D eigenvalue weighted by Gasteiger charge is 2.23. The summed E-state index contributed by atoms with van der Waals surface area (Å²) < 4.78 is 19.6. The van der Waals surface area contributed by atoms with Crippen LogP contribution in [0.2, 0.25) is 5.02 Å². The molecule has 2 heterocycles. The molecule has 7 nitrogen and oxygen atoms in total. The summed E-state index contributed by atoms with van der Waals surface area (Å²) in [5.74, 6) is -0.811. The van der Waals surface area contributed by atoms with Crippen LogP contribution in [0.5, 0.6) is 5.75 Å². The lowest BCUT2D eigenvalue weighted by molar-refractivity contribution is 0.0911. The van der Waals surface area contributed by atoms with Gasteiger partial charge in [0.2, 0.25) is 5.91 Å². The predicted octanol–water partition coefficient (Wildman–Crippen LogP) is 4.77. The van der Waals surface area contributed by atoms with Gasteiger partial charge in [-0.3, -0.25) is 9.59 Å². The number of amides is 2. The van der Waals surface area contributed by atoms with Gasteiger partial charge in [-0.15, -0.1) is 0 Å². The highest BCUT2D eigenvalue weighted by atomic mass is 35.5. The number of aryl methyl sites for hydroxylation is 1. The van der Waals surface area contributed by atoms with Crippen LogP contribution < -0.4 is 15.8 Å². The summed E-state index contributed by atoms with van der Waals surface area (Å²) in [5.41, 5.74) is 9.84. The number of H-pyrrole nitrogens is 1. The fourth-order valence-electron chi connectivity index (χ4n) is 4.88. The normalized spacial score (nSPS) is 13.9. The van der Waals surface area contributed by atoms with Crippen LogP contribution in [0.15, 0.2) is 54.7 Å². The van der Waals surface area contributed by atoms with Crippen molar-refractivity contribution < 1.29 is 23.8 Å². The Morgan fingerprint density at radius 2 is 1.95 bits per heavy atom. The Morgan fingerprint density at radius 3 is 2.71 bits per heavy atom. The minimum absolute atomic E-state index is 0.220. The number of halogens is 2. The number of ether oxygens (including phenoxy) is 1. The summed E-state index contributed by atoms with van der Waals surface area (Å²) in [7, 11) is 0. The van der Waals surface area contributed by atoms with Gasteiger partial charge in [0.15, 0.2) is 0 Å². The SMILES string of the molecule is NC(=O)c1ccc(-c2cc3c(c(C(=O)NC(CO)Cc4c[nH]c5cc(F)ccc45)c2)OCCCC3)cc1Cl. The van der Waals surface area contributed by atoms with E-state index in [0.717, 1.165) is 46.9 Å². The molecule has 0 saturated carbocycles. The van der Waals surface area contributed by atoms with Crippen molar-refractivity contribution in [3.63, 3.8) is 0 Å². The van der Waals surface area contributed by atoms with Crippen molar-refractivity contribution in [1.82, 2.24) is 10.3 Å². The van der Waals surface area contributed by atoms with Crippen LogP contribution in [0.1, 0.15) is 44.7 Å². The Kier molecular flexibility index (Phi) is 7.35. The third-order valence-electron chi connectivity index (χ3n) is 6.82. The lowest BCUT2D eigenvalue weighted by atomic mass is 9.95. The van der Waals surface area contributed by atoms with Crippen molar-refractivity contribution in [1.29, 1.82) is 0 Å². The molecule has 0 bridgehead atoms. The maximum absolute atomic E-state index is 13.6. The van der Waals surface area contributed by atoms with Gasteiger partial charge < -0.3 is 25.9 Å². The molecule has 1 unspecified atom stereocenters. The van der Waals surface area contributed by atoms with Crippen LogP contribution in [0.25, 0.3) is 22.0 Å². The van der Waals surface area contributed by atoms with Gasteiger partial charge in [-0.2, -0.15) is 0 Å². The highest BCUT2D eigenvalue weighted by Crippen LogP contribution is 2.35. The number of aromatic nitrogens is 1. The molecule has 0 spiro atoms. The molecule has 4 aromatic rings. The molecule has 1 aromatic heterocycles. The Morgan fingerprint density at radius 1 is 1.11 bits per heavy atom. The number of primary amides is 1. The number of benzene rings is 3. The van der Waals surface area contributed by atoms with E-state index >= 15 is 0 Å². The molecule has 1 aliphatic heterocycles. The van der Waals surface area contributed by atoms with Gasteiger partial charge in [-0.05, 0) is 90.4 Å². The summed E-state index contributed by atoms with van der Waals surface area (Å²) in [6.45, 7) is 0.216. The van der Waals surface area contributed by atoms with Gasteiger partial charge in [0.25, 0.3) is 5.91 Å². The number of aliphatic hydroxyl groups excluding tert-OH is 1. The fraction of sp³-hybridized carbons (Fsp3) is 0.241. The zero-order chi connectivity index (χ0) is 26.8. The van der Waals surface area contributed by atoms with Crippen molar-refractivity contribution >= 4 is 34.3 Å². The molecule has 0 saturated heterocycles. The summed E-state index contributed by atoms with van der Waals surface area (Å²) in [4.78, 5) is 28.2. The molecule has 0 aliphatic carbocycles. The summed E-state index contributed by atoms with van der Waals surface area (Å²) in [5, 5.41) is 14.1. The lowest BCUT2D eigenvalue weighted by Crippen LogP contribution is -2.39. The van der Waals surface area contributed by atoms with Crippen LogP contribution in [0.3, 0.4) is 0 Å². The van der Waals surface area contributed by atoms with Gasteiger partial charge in [0.05, 0.1) is 35.4 Å². The highest BCUT2D eigenvalue weighted by molar-refractivity contribution is 6.34. The number of nitrogens with one attached hydrogen (secondary N) is 2. The van der Waals surface area contributed by atoms with Gasteiger partial charge in [0.1, 0.15) is 11.6 Å². The van der Waals surface area contributed by atoms with E-state index in [1.807, 2.05) is 6.07 Å². The van der Waals surface area contributed by atoms with E-state index in [-0.39, 0.29) is 28.9 Å². The molecular formula is C29H27ClFN3O4. The number of carbonyl (C=O) groups is 2. The van der Waals surface area contributed by atoms with Crippen LogP contribution in [0, 0.1) is 5.82 Å². The standard InChI is InChI=1S/C29H27ClFN3O4/c30-25-12-16(4-6-23(25)28(32)36)18-9-17-3-1-2-8-38-27(17)24(11-18)29(37)34-21(15-35)10-19-14-33-26-13-20(31)5-7-22(19)26/h4-7,9,11-14,21,33,35H,1-3,8,10,15H2,(H2,32,36)(H,34,37). The van der Waals surface area contributed by atoms with Crippen LogP contribution >= 0.6 is 11.6 Å². The molecule has 5 rings (SSSR count). The molecule has 9 heteroatoms. The lowest BCUT2D eigenvalue weighted by Gasteiger charge is -2.20. The smallest absolute Gasteiger partial charge is 0.255 e. The number of fused-ring (bicyclic) bond motifs is 2. The molecule has 3 aromatic carbocycles. The number of hydrogen-bond acceptors (Lipinski definition) is 4. The van der Waals surface area contributed by atoms with E-state index in [9.17, 15) is 19.1 Å². The van der Waals surface area contributed by atoms with E-state index in [1.165, 1.54) is 12.1 Å². The van der Waals surface area contributed by atoms with Gasteiger partial charge in [-0.25, -0.2) is 4.39 Å². The first kappa shape index (κ1) is 25.8. The number of hydrogen-bond donors (Lipinski definition) is 4. The molecule has 0 fully saturated rings. The zero-order valence-electron chi connectivity index (χ0n) is 20.5. The van der Waals surface area contributed by atoms with Gasteiger partial charge >= 0.3 is 0 Å². The predicted molar refractivity (Wildman–Crippen MR) is 144 cm³/mol. The molecule has 1 aliphatic rings. The molecule has 5 N–H and O–H groups in total. The van der Waals surface area contributed by atoms with Crippen molar-refractivity contribution in [3.05, 3.63) is 87.8 Å². The van der Waals surface area contributed by atoms with E-state index in [1.54, 1.807) is 36.5 Å². The largest absolute Gasteiger partial charge is 0.492 e. The second-order valence-electron chi connectivity index (χ2n) is 9.44. The summed E-state index contributed by atoms with van der Waals surface area (Å²) in [6, 6.07) is 12.6. The second-order valence-corrected chi connectivity index (χ2v) is 9.84. The Hall–Kier alpha value is -3.88. The molecule has 1 atom stereocenters. The Labute approximate surface area is 223 Å². The van der Waals surface area contributed by atoms with E-state index in [0.29, 0.717) is 29.9 Å². The van der Waals surface area contributed by atoms with Crippen LogP contribution in [-0.4, -0.2) is 41.2 Å². The maximum atomic E-state index is 13.6. The number of aliphatic hydroxyl groups is 1. The van der Waals surface area contributed by atoms with E-state index in [4.69, 9.17) is 22.1 Å². The number of aromatic amines is 1. The molecule has 2 amide bonds. The third-order valence-corrected chi connectivity index (χ3v) is 7.13. The third kappa shape index (κ3) is 5.23. The monoisotopic (exact) mass is 535 g/mol. The topological polar surface area (TPSA) is 117 Å². The summed E-state index contributed by atoms with van der Waals surface area (Å²) in [6.07, 6.45) is 4.63. The molecule has 38 heavy (non-hydrogen) atoms. The Balaban J connectivity index is 1.46. The average Bonchev–Trinajstić information content (AvgIpc) is 3.12. The number of carbonyl (C=O) groups excluding carboxylic acids is 2. The first-order chi connectivity index (χ1) is 18.3.